The number of guanidine groups is 1. The predicted octanol–water partition coefficient (Wildman–Crippen LogP) is -11.9. The highest BCUT2D eigenvalue weighted by Crippen LogP contribution is 2.24. The number of carboxylic acids is 3. The van der Waals surface area contributed by atoms with Gasteiger partial charge in [0.2, 0.25) is 118 Å². The van der Waals surface area contributed by atoms with Gasteiger partial charge in [-0.15, -0.1) is 0 Å². The molecule has 814 valence electrons. The van der Waals surface area contributed by atoms with Gasteiger partial charge in [-0.1, -0.05) is 69.2 Å². The van der Waals surface area contributed by atoms with Crippen LogP contribution in [0.5, 0.6) is 0 Å². The highest BCUT2D eigenvalue weighted by Gasteiger charge is 2.46. The van der Waals surface area contributed by atoms with Crippen molar-refractivity contribution in [1.82, 2.24) is 106 Å². The van der Waals surface area contributed by atoms with E-state index in [1.807, 2.05) is 0 Å². The summed E-state index contributed by atoms with van der Waals surface area (Å²) in [6.07, 6.45) is -10.3. The second kappa shape index (κ2) is 63.1. The van der Waals surface area contributed by atoms with Crippen molar-refractivity contribution in [3.63, 3.8) is 0 Å². The van der Waals surface area contributed by atoms with E-state index in [-0.39, 0.29) is 114 Å². The zero-order valence-corrected chi connectivity index (χ0v) is 83.5. The third-order valence-electron chi connectivity index (χ3n) is 22.7. The number of aliphatic carboxylic acids is 3. The van der Waals surface area contributed by atoms with Gasteiger partial charge in [0, 0.05) is 38.9 Å². The van der Waals surface area contributed by atoms with Gasteiger partial charge in [0.25, 0.3) is 0 Å². The lowest BCUT2D eigenvalue weighted by Crippen LogP contribution is -2.62. The molecule has 2 fully saturated rings. The second-order valence-corrected chi connectivity index (χ2v) is 37.6. The van der Waals surface area contributed by atoms with Crippen LogP contribution in [0.3, 0.4) is 0 Å². The third kappa shape index (κ3) is 45.2. The number of aliphatic hydroxyl groups is 6. The molecule has 20 amide bonds. The SMILES string of the molecule is CC(C)C[C@H](NC(=O)[C@H](CO)NC(=O)[C@@H](N)CCC(N)=O)C(=O)N[C@@H](CCC(=O)O)C(=O)N[C@@H](CCC(=O)O)C(=O)N[C@@H](CO)C(=O)NCC(=O)NCC(=O)N[C@@H](CCCNC(=N)N)C(=O)N[C@@H](CC(C)C)C(=O)N[C@H](C(=O)N[C@H](C(=O)N1CCC[C@H]1C(=O)NCC(=O)N[C@H](C(=O)N1CCC[C@H]1C(=O)N[C@@H](CC(C)C)C(=O)N[C@H](C(=O)N[C@@H](CC(C)C)C(=O)N[C@H](C(=O)O)[C@@H](C)O)[C@@H](C)O)[C@@H](C)O)[C@@H](C)O)C(C)C. The summed E-state index contributed by atoms with van der Waals surface area (Å²) in [6, 6.07) is -27.5. The maximum absolute atomic E-state index is 14.5. The lowest BCUT2D eigenvalue weighted by Gasteiger charge is -2.32. The standard InChI is InChI=1S/C88H150N24O32/c1-39(2)30-52(101-80(136)57(38-114)104-71(127)48(89)21-24-60(90)119)76(132)99-50(22-25-64(123)124)74(130)98-51(23-26-65(125)126)75(131)105-56(37-113)72(128)95-34-61(120)94-35-62(121)97-49(18-15-27-93-88(91)92)73(129)100-53(31-40(3)4)77(133)107-66(43(9)10)83(139)109-69(46(13)117)86(142)111-28-16-19-58(111)81(137)96-36-63(122)106-68(45(12)116)85(141)112-29-17-20-59(112)82(138)102-54(32-41(5)6)78(134)108-67(44(11)115)84(140)103-55(33-42(7)8)79(135)110-70(47(14)118)87(143)144/h39-59,66-70,113-118H,15-38,89H2,1-14H3,(H2,90,119)(H,94,120)(H,95,128)(H,96,137)(H,97,121)(H,98,130)(H,99,132)(H,100,129)(H,101,136)(H,102,138)(H,103,140)(H,104,127)(H,105,131)(H,106,122)(H,107,133)(H,108,134)(H,109,139)(H,110,135)(H,123,124)(H,125,126)(H,143,144)(H4,91,92,93)/t44-,45-,46-,47-,48+,49+,50+,51+,52+,53+,54+,55+,56+,57+,58+,59+,66+,67+,68+,69+,70+/m1/s1. The molecule has 0 spiro atoms. The Kier molecular flexibility index (Phi) is 55.5. The Morgan fingerprint density at radius 2 is 0.667 bits per heavy atom. The van der Waals surface area contributed by atoms with Crippen LogP contribution in [0.25, 0.3) is 0 Å². The van der Waals surface area contributed by atoms with Gasteiger partial charge in [0.1, 0.15) is 90.6 Å². The van der Waals surface area contributed by atoms with Crippen LogP contribution in [-0.2, 0) is 110 Å². The van der Waals surface area contributed by atoms with E-state index in [9.17, 15) is 156 Å². The predicted molar refractivity (Wildman–Crippen MR) is 506 cm³/mol. The molecule has 0 aromatic rings. The molecule has 2 aliphatic heterocycles. The minimum atomic E-state index is -1.97. The van der Waals surface area contributed by atoms with E-state index in [0.29, 0.717) is 0 Å². The van der Waals surface area contributed by atoms with Gasteiger partial charge in [0.15, 0.2) is 12.0 Å². The Morgan fingerprint density at radius 3 is 1.08 bits per heavy atom. The van der Waals surface area contributed by atoms with E-state index in [1.165, 1.54) is 13.8 Å². The van der Waals surface area contributed by atoms with Crippen molar-refractivity contribution in [1.29, 1.82) is 5.41 Å². The van der Waals surface area contributed by atoms with Gasteiger partial charge in [0.05, 0.1) is 63.3 Å². The maximum atomic E-state index is 14.5. The van der Waals surface area contributed by atoms with Gasteiger partial charge >= 0.3 is 17.9 Å². The molecule has 0 saturated carbocycles. The fraction of sp³-hybridized carbons (Fsp3) is 0.727. The van der Waals surface area contributed by atoms with Crippen molar-refractivity contribution < 1.29 is 156 Å². The number of aliphatic hydroxyl groups excluding tert-OH is 6. The summed E-state index contributed by atoms with van der Waals surface area (Å²) < 4.78 is 0. The first kappa shape index (κ1) is 127. The molecule has 21 atom stereocenters. The normalized spacial score (nSPS) is 17.4. The molecule has 0 aromatic heterocycles. The van der Waals surface area contributed by atoms with Gasteiger partial charge in [-0.05, 0) is 141 Å². The second-order valence-electron chi connectivity index (χ2n) is 37.6. The summed E-state index contributed by atoms with van der Waals surface area (Å²) in [7, 11) is 0. The van der Waals surface area contributed by atoms with E-state index in [0.717, 1.165) is 37.5 Å². The maximum Gasteiger partial charge on any atom is 0.328 e. The number of primary amides is 1. The number of nitrogens with zero attached hydrogens (tertiary/aromatic N) is 2. The minimum Gasteiger partial charge on any atom is -0.481 e. The topological polar surface area (TPSA) is 900 Å². The van der Waals surface area contributed by atoms with E-state index < -0.39 is 340 Å². The molecule has 0 unspecified atom stereocenters. The first-order chi connectivity index (χ1) is 67.2. The quantitative estimate of drug-likeness (QED) is 0.0153. The number of nitrogens with two attached hydrogens (primary N) is 3. The summed E-state index contributed by atoms with van der Waals surface area (Å²) in [5.74, 6) is -28.0. The van der Waals surface area contributed by atoms with E-state index in [2.05, 4.69) is 95.7 Å². The molecular formula is C88H150N24O32. The van der Waals surface area contributed by atoms with Crippen LogP contribution in [-0.4, -0.2) is 377 Å². The molecule has 0 bridgehead atoms. The number of likely N-dealkylation sites (tertiary alicyclic amines) is 2. The third-order valence-corrected chi connectivity index (χ3v) is 22.7. The minimum absolute atomic E-state index is 0.00560. The zero-order valence-electron chi connectivity index (χ0n) is 83.5. The fourth-order valence-electron chi connectivity index (χ4n) is 15.0. The number of carboxylic acid groups (broad SMARTS) is 3. The first-order valence-corrected chi connectivity index (χ1v) is 47.6. The van der Waals surface area contributed by atoms with Gasteiger partial charge < -0.3 is 169 Å². The Bertz CT molecular complexity index is 4440. The molecule has 2 saturated heterocycles. The van der Waals surface area contributed by atoms with Gasteiger partial charge in [-0.2, -0.15) is 0 Å². The summed E-state index contributed by atoms with van der Waals surface area (Å²) in [5, 5.41) is 142. The van der Waals surface area contributed by atoms with Crippen LogP contribution < -0.4 is 113 Å². The molecule has 2 heterocycles. The Labute approximate surface area is 831 Å². The molecule has 2 aliphatic rings. The van der Waals surface area contributed by atoms with Crippen molar-refractivity contribution in [2.45, 2.75) is 327 Å². The van der Waals surface area contributed by atoms with Crippen molar-refractivity contribution in [2.75, 3.05) is 52.5 Å². The number of amides is 20. The van der Waals surface area contributed by atoms with Crippen molar-refractivity contribution in [2.24, 2.45) is 46.8 Å². The molecule has 2 rings (SSSR count). The monoisotopic (exact) mass is 2060 g/mol. The number of hydrogen-bond acceptors (Lipinski definition) is 31. The molecule has 144 heavy (non-hydrogen) atoms. The largest absolute Gasteiger partial charge is 0.481 e. The fourth-order valence-corrected chi connectivity index (χ4v) is 15.0. The molecule has 56 nitrogen and oxygen atoms in total. The van der Waals surface area contributed by atoms with E-state index in [1.54, 1.807) is 55.4 Å². The van der Waals surface area contributed by atoms with Crippen LogP contribution in [0.15, 0.2) is 0 Å². The van der Waals surface area contributed by atoms with Crippen LogP contribution in [0.2, 0.25) is 0 Å². The molecule has 0 aromatic carbocycles. The summed E-state index contributed by atoms with van der Waals surface area (Å²) in [5.41, 5.74) is 16.4. The van der Waals surface area contributed by atoms with E-state index >= 15 is 0 Å². The number of carbonyl (C=O) groups is 23. The molecule has 34 N–H and O–H groups in total. The smallest absolute Gasteiger partial charge is 0.328 e. The molecule has 0 radical (unpaired) electrons. The molecule has 0 aliphatic carbocycles. The van der Waals surface area contributed by atoms with Crippen molar-refractivity contribution in [3.05, 3.63) is 0 Å². The van der Waals surface area contributed by atoms with Crippen LogP contribution in [0.1, 0.15) is 200 Å². The van der Waals surface area contributed by atoms with Crippen LogP contribution in [0, 0.1) is 35.0 Å². The summed E-state index contributed by atoms with van der Waals surface area (Å²) >= 11 is 0. The van der Waals surface area contributed by atoms with Crippen LogP contribution in [0.4, 0.5) is 0 Å². The van der Waals surface area contributed by atoms with Gasteiger partial charge in [-0.25, -0.2) is 4.79 Å². The highest BCUT2D eigenvalue weighted by molar-refractivity contribution is 6.02. The molecular weight excluding hydrogens is 1910 g/mol. The Balaban J connectivity index is 2.27. The van der Waals surface area contributed by atoms with Crippen molar-refractivity contribution >= 4 is 142 Å². The zero-order chi connectivity index (χ0) is 110. The molecule has 56 heteroatoms. The number of rotatable bonds is 65. The number of hydrogen-bond donors (Lipinski definition) is 31. The Hall–Kier alpha value is -13.2. The van der Waals surface area contributed by atoms with Crippen LogP contribution >= 0.6 is 0 Å². The lowest BCUT2D eigenvalue weighted by molar-refractivity contribution is -0.145. The number of nitrogens with one attached hydrogen (secondary N) is 19. The summed E-state index contributed by atoms with van der Waals surface area (Å²) in [4.78, 5) is 312. The average molecular weight is 2060 g/mol. The number of carbonyl (C=O) groups excluding carboxylic acids is 20. The van der Waals surface area contributed by atoms with E-state index in [4.69, 9.17) is 22.6 Å². The first-order valence-electron chi connectivity index (χ1n) is 47.6. The Morgan fingerprint density at radius 1 is 0.333 bits per heavy atom. The lowest BCUT2D eigenvalue weighted by atomic mass is 9.98. The van der Waals surface area contributed by atoms with Crippen molar-refractivity contribution in [3.8, 4) is 0 Å². The van der Waals surface area contributed by atoms with Gasteiger partial charge in [-0.3, -0.25) is 111 Å². The average Bonchev–Trinajstić information content (AvgIpc) is 1.67. The highest BCUT2D eigenvalue weighted by atomic mass is 16.4. The summed E-state index contributed by atoms with van der Waals surface area (Å²) in [6.45, 7) is 15.8.